The Bertz CT molecular complexity index is 1820. The minimum absolute atomic E-state index is 0. The van der Waals surface area contributed by atoms with Crippen LogP contribution >= 0.6 is 12.4 Å². The minimum Gasteiger partial charge on any atom is -0.383 e. The lowest BCUT2D eigenvalue weighted by molar-refractivity contribution is 0.0390. The van der Waals surface area contributed by atoms with E-state index in [-0.39, 0.29) is 18.0 Å². The molecule has 0 spiro atoms. The normalized spacial score (nSPS) is 17.1. The first kappa shape index (κ1) is 27.7. The van der Waals surface area contributed by atoms with Crippen molar-refractivity contribution >= 4 is 35.2 Å². The number of amides is 1. The molecule has 7 rings (SSSR count). The van der Waals surface area contributed by atoms with E-state index in [1.54, 1.807) is 0 Å². The molecule has 0 bridgehead atoms. The van der Waals surface area contributed by atoms with Crippen LogP contribution < -0.4 is 22.3 Å². The molecule has 0 saturated carbocycles. The van der Waals surface area contributed by atoms with Gasteiger partial charge in [0.2, 0.25) is 0 Å². The van der Waals surface area contributed by atoms with Gasteiger partial charge in [0.15, 0.2) is 0 Å². The number of aromatic nitrogens is 5. The van der Waals surface area contributed by atoms with Gasteiger partial charge in [-0.1, -0.05) is 42.5 Å². The number of ether oxygens (including phenoxy) is 1. The van der Waals surface area contributed by atoms with Crippen molar-refractivity contribution in [2.45, 2.75) is 31.5 Å². The number of para-hydroxylation sites is 1. The number of nitrogens with zero attached hydrogens (tertiary/aromatic N) is 5. The monoisotopic (exact) mass is 586 g/mol. The highest BCUT2D eigenvalue weighted by Crippen LogP contribution is 2.38. The quantitative estimate of drug-likeness (QED) is 0.286. The van der Waals surface area contributed by atoms with E-state index in [9.17, 15) is 9.59 Å². The summed E-state index contributed by atoms with van der Waals surface area (Å²) in [4.78, 5) is 34.9. The summed E-state index contributed by atoms with van der Waals surface area (Å²) in [6.07, 6.45) is 5.03. The molecular weight excluding hydrogens is 556 g/mol. The molecule has 1 fully saturated rings. The number of piperidine rings is 1. The lowest BCUT2D eigenvalue weighted by Crippen LogP contribution is -2.29. The number of fused-ring (bicyclic) bond motifs is 2. The molecule has 1 unspecified atom stereocenters. The first-order chi connectivity index (χ1) is 20.0. The fourth-order valence-corrected chi connectivity index (χ4v) is 6.22. The van der Waals surface area contributed by atoms with E-state index < -0.39 is 17.6 Å². The molecule has 3 aromatic heterocycles. The van der Waals surface area contributed by atoms with E-state index in [4.69, 9.17) is 16.2 Å². The van der Waals surface area contributed by atoms with Gasteiger partial charge in [-0.05, 0) is 49.2 Å². The van der Waals surface area contributed by atoms with Crippen LogP contribution in [0.2, 0.25) is 0 Å². The molecule has 1 atom stereocenters. The molecule has 0 aliphatic carbocycles. The minimum atomic E-state index is -0.776. The average molecular weight is 587 g/mol. The first-order valence-electron chi connectivity index (χ1n) is 13.8. The third kappa shape index (κ3) is 4.46. The van der Waals surface area contributed by atoms with E-state index in [1.165, 1.54) is 11.0 Å². The van der Waals surface area contributed by atoms with Crippen LogP contribution in [-0.2, 0) is 11.3 Å². The lowest BCUT2D eigenvalue weighted by Gasteiger charge is -2.27. The fraction of sp³-hybridized carbons (Fsp3) is 0.267. The van der Waals surface area contributed by atoms with Crippen LogP contribution in [-0.4, -0.2) is 49.5 Å². The van der Waals surface area contributed by atoms with E-state index in [0.717, 1.165) is 53.7 Å². The third-order valence-electron chi connectivity index (χ3n) is 8.13. The summed E-state index contributed by atoms with van der Waals surface area (Å²) in [5, 5.41) is 4.25. The maximum absolute atomic E-state index is 13.5. The number of anilines is 1. The number of hydrogen-bond donors (Lipinski definition) is 3. The van der Waals surface area contributed by atoms with Gasteiger partial charge in [-0.25, -0.2) is 14.6 Å². The van der Waals surface area contributed by atoms with Crippen LogP contribution in [0.3, 0.4) is 0 Å². The van der Waals surface area contributed by atoms with Crippen LogP contribution in [0.15, 0.2) is 71.9 Å². The summed E-state index contributed by atoms with van der Waals surface area (Å²) in [5.41, 5.74) is 16.3. The number of halogens is 1. The van der Waals surface area contributed by atoms with Crippen LogP contribution in [0.5, 0.6) is 0 Å². The number of hydrogen-bond acceptors (Lipinski definition) is 7. The summed E-state index contributed by atoms with van der Waals surface area (Å²) in [7, 11) is 0. The molecule has 5 N–H and O–H groups in total. The van der Waals surface area contributed by atoms with E-state index in [2.05, 4.69) is 26.0 Å². The SMILES string of the molecule is Cl.NC(=O)c1c2n(n(-c3ccccc3)c1=O)CCOC2c1ccc(-c2cn(C3CCNCC3)c3ncnc(N)c23)cc1. The fourth-order valence-electron chi connectivity index (χ4n) is 6.22. The summed E-state index contributed by atoms with van der Waals surface area (Å²) in [6, 6.07) is 17.5. The predicted molar refractivity (Wildman–Crippen MR) is 162 cm³/mol. The second kappa shape index (κ2) is 11.1. The summed E-state index contributed by atoms with van der Waals surface area (Å²) < 4.78 is 11.7. The average Bonchev–Trinajstić information content (AvgIpc) is 3.54. The number of nitrogens with one attached hydrogen (secondary N) is 1. The summed E-state index contributed by atoms with van der Waals surface area (Å²) >= 11 is 0. The summed E-state index contributed by atoms with van der Waals surface area (Å²) in [6.45, 7) is 2.70. The molecule has 2 aliphatic rings. The van der Waals surface area contributed by atoms with E-state index in [0.29, 0.717) is 36.4 Å². The van der Waals surface area contributed by atoms with Crippen molar-refractivity contribution < 1.29 is 9.53 Å². The molecule has 216 valence electrons. The van der Waals surface area contributed by atoms with Crippen LogP contribution in [0, 0.1) is 0 Å². The van der Waals surface area contributed by atoms with Crippen molar-refractivity contribution in [3.63, 3.8) is 0 Å². The molecule has 5 heterocycles. The van der Waals surface area contributed by atoms with Crippen LogP contribution in [0.25, 0.3) is 27.8 Å². The zero-order valence-corrected chi connectivity index (χ0v) is 23.6. The molecule has 12 heteroatoms. The van der Waals surface area contributed by atoms with Crippen LogP contribution in [0.1, 0.15) is 46.6 Å². The number of carbonyl (C=O) groups is 1. The second-order valence-corrected chi connectivity index (χ2v) is 10.5. The molecule has 2 aliphatic heterocycles. The highest BCUT2D eigenvalue weighted by Gasteiger charge is 2.34. The molecule has 5 aromatic rings. The summed E-state index contributed by atoms with van der Waals surface area (Å²) in [5.74, 6) is -0.337. The lowest BCUT2D eigenvalue weighted by atomic mass is 9.98. The van der Waals surface area contributed by atoms with Crippen molar-refractivity contribution in [3.05, 3.63) is 94.3 Å². The van der Waals surface area contributed by atoms with Crippen molar-refractivity contribution in [3.8, 4) is 16.8 Å². The van der Waals surface area contributed by atoms with Crippen molar-refractivity contribution in [1.82, 2.24) is 29.2 Å². The maximum atomic E-state index is 13.5. The number of nitrogen functional groups attached to an aromatic ring is 1. The van der Waals surface area contributed by atoms with Gasteiger partial charge < -0.3 is 26.1 Å². The van der Waals surface area contributed by atoms with Crippen LogP contribution in [0.4, 0.5) is 5.82 Å². The largest absolute Gasteiger partial charge is 0.383 e. The smallest absolute Gasteiger partial charge is 0.284 e. The molecule has 1 amide bonds. The zero-order chi connectivity index (χ0) is 28.1. The second-order valence-electron chi connectivity index (χ2n) is 10.5. The third-order valence-corrected chi connectivity index (χ3v) is 8.13. The van der Waals surface area contributed by atoms with Gasteiger partial charge in [0.25, 0.3) is 11.5 Å². The highest BCUT2D eigenvalue weighted by molar-refractivity contribution is 6.00. The van der Waals surface area contributed by atoms with Gasteiger partial charge >= 0.3 is 0 Å². The molecule has 42 heavy (non-hydrogen) atoms. The Morgan fingerprint density at radius 3 is 2.48 bits per heavy atom. The first-order valence-corrected chi connectivity index (χ1v) is 13.8. The highest BCUT2D eigenvalue weighted by atomic mass is 35.5. The molecular formula is C30H31ClN8O3. The Labute approximate surface area is 247 Å². The topological polar surface area (TPSA) is 148 Å². The van der Waals surface area contributed by atoms with Gasteiger partial charge in [0.05, 0.1) is 29.9 Å². The van der Waals surface area contributed by atoms with Crippen molar-refractivity contribution in [2.24, 2.45) is 5.73 Å². The van der Waals surface area contributed by atoms with Crippen molar-refractivity contribution in [1.29, 1.82) is 0 Å². The van der Waals surface area contributed by atoms with Crippen molar-refractivity contribution in [2.75, 3.05) is 25.4 Å². The number of rotatable bonds is 5. The Hall–Kier alpha value is -4.45. The van der Waals surface area contributed by atoms with Gasteiger partial charge in [-0.3, -0.25) is 14.3 Å². The standard InChI is InChI=1S/C30H30N8O3.ClH/c31-27-23-22(16-36(29(23)35-17-34-27)20-10-12-33-13-11-20)18-6-8-19(9-7-18)26-25-24(28(32)39)30(40)38(37(25)14-15-41-26)21-4-2-1-3-5-21;/h1-9,16-17,20,26,33H,10-15H2,(H2,32,39)(H2,31,34,35);1H. The van der Waals surface area contributed by atoms with Gasteiger partial charge in [-0.2, -0.15) is 0 Å². The number of carbonyl (C=O) groups excluding carboxylic acids is 1. The number of benzene rings is 2. The number of nitrogens with two attached hydrogens (primary N) is 2. The Morgan fingerprint density at radius 2 is 1.76 bits per heavy atom. The molecule has 1 saturated heterocycles. The molecule has 11 nitrogen and oxygen atoms in total. The van der Waals surface area contributed by atoms with E-state index >= 15 is 0 Å². The molecule has 0 radical (unpaired) electrons. The maximum Gasteiger partial charge on any atom is 0.284 e. The van der Waals surface area contributed by atoms with Gasteiger partial charge in [0, 0.05) is 17.8 Å². The number of primary amides is 1. The van der Waals surface area contributed by atoms with E-state index in [1.807, 2.05) is 59.3 Å². The Morgan fingerprint density at radius 1 is 1.02 bits per heavy atom. The predicted octanol–water partition coefficient (Wildman–Crippen LogP) is 3.20. The van der Waals surface area contributed by atoms with Gasteiger partial charge in [0.1, 0.15) is 29.5 Å². The van der Waals surface area contributed by atoms with Gasteiger partial charge in [-0.15, -0.1) is 12.4 Å². The Kier molecular flexibility index (Phi) is 7.31. The zero-order valence-electron chi connectivity index (χ0n) is 22.8. The molecule has 2 aromatic carbocycles. The Balaban J connectivity index is 0.00000316.